The Morgan fingerprint density at radius 2 is 1.49 bits per heavy atom. The van der Waals surface area contributed by atoms with Gasteiger partial charge in [-0.3, -0.25) is 4.79 Å². The number of benzene rings is 3. The average Bonchev–Trinajstić information content (AvgIpc) is 3.56. The van der Waals surface area contributed by atoms with E-state index in [4.69, 9.17) is 5.10 Å². The Hall–Kier alpha value is -3.66. The Kier molecular flexibility index (Phi) is 7.08. The van der Waals surface area contributed by atoms with Crippen LogP contribution in [0.15, 0.2) is 91.0 Å². The van der Waals surface area contributed by atoms with Crippen LogP contribution in [0.3, 0.4) is 0 Å². The van der Waals surface area contributed by atoms with Gasteiger partial charge in [-0.25, -0.2) is 4.68 Å². The Morgan fingerprint density at radius 1 is 0.829 bits per heavy atom. The number of hydrogen-bond acceptors (Lipinski definition) is 2. The molecule has 0 bridgehead atoms. The Morgan fingerprint density at radius 3 is 2.14 bits per heavy atom. The van der Waals surface area contributed by atoms with Crippen molar-refractivity contribution >= 4 is 5.97 Å². The van der Waals surface area contributed by atoms with Crippen molar-refractivity contribution < 1.29 is 9.90 Å². The van der Waals surface area contributed by atoms with E-state index >= 15 is 0 Å². The maximum absolute atomic E-state index is 11.2. The first-order valence-corrected chi connectivity index (χ1v) is 12.7. The molecule has 1 aromatic heterocycles. The third-order valence-electron chi connectivity index (χ3n) is 7.25. The second-order valence-corrected chi connectivity index (χ2v) is 9.70. The number of para-hydroxylation sites is 1. The maximum atomic E-state index is 11.2. The van der Waals surface area contributed by atoms with Crippen molar-refractivity contribution in [1.82, 2.24) is 9.78 Å². The number of nitrogens with zero attached hydrogens (tertiary/aromatic N) is 2. The largest absolute Gasteiger partial charge is 0.481 e. The van der Waals surface area contributed by atoms with Crippen LogP contribution in [0.4, 0.5) is 0 Å². The molecule has 5 rings (SSSR count). The highest BCUT2D eigenvalue weighted by Crippen LogP contribution is 2.34. The molecule has 0 amide bonds. The van der Waals surface area contributed by atoms with Crippen molar-refractivity contribution in [2.75, 3.05) is 0 Å². The lowest BCUT2D eigenvalue weighted by molar-refractivity contribution is -0.141. The highest BCUT2D eigenvalue weighted by atomic mass is 16.4. The fourth-order valence-corrected chi connectivity index (χ4v) is 5.21. The first-order chi connectivity index (χ1) is 17.2. The van der Waals surface area contributed by atoms with Gasteiger partial charge in [-0.05, 0) is 80.2 Å². The van der Waals surface area contributed by atoms with Gasteiger partial charge in [-0.15, -0.1) is 0 Å². The fourth-order valence-electron chi connectivity index (χ4n) is 5.21. The van der Waals surface area contributed by atoms with Crippen molar-refractivity contribution in [3.8, 4) is 16.9 Å². The van der Waals surface area contributed by atoms with E-state index in [0.717, 1.165) is 67.6 Å². The van der Waals surface area contributed by atoms with Crippen LogP contribution >= 0.6 is 0 Å². The molecule has 0 spiro atoms. The number of aliphatic carboxylic acids is 1. The highest BCUT2D eigenvalue weighted by Gasteiger charge is 2.29. The molecule has 4 nitrogen and oxygen atoms in total. The summed E-state index contributed by atoms with van der Waals surface area (Å²) in [6.45, 7) is 0. The van der Waals surface area contributed by atoms with E-state index in [1.807, 2.05) is 28.9 Å². The number of rotatable bonds is 9. The Labute approximate surface area is 207 Å². The lowest BCUT2D eigenvalue weighted by Crippen LogP contribution is -2.09. The predicted octanol–water partition coefficient (Wildman–Crippen LogP) is 6.76. The van der Waals surface area contributed by atoms with E-state index in [9.17, 15) is 9.90 Å². The van der Waals surface area contributed by atoms with Crippen molar-refractivity contribution in [3.63, 3.8) is 0 Å². The monoisotopic (exact) mass is 464 g/mol. The van der Waals surface area contributed by atoms with Crippen molar-refractivity contribution in [3.05, 3.63) is 108 Å². The zero-order valence-electron chi connectivity index (χ0n) is 20.0. The lowest BCUT2D eigenvalue weighted by atomic mass is 9.96. The molecule has 0 aliphatic heterocycles. The highest BCUT2D eigenvalue weighted by molar-refractivity contribution is 5.70. The molecule has 2 unspecified atom stereocenters. The molecule has 178 valence electrons. The van der Waals surface area contributed by atoms with Gasteiger partial charge >= 0.3 is 5.97 Å². The maximum Gasteiger partial charge on any atom is 0.306 e. The second-order valence-electron chi connectivity index (χ2n) is 9.70. The molecule has 2 atom stereocenters. The Bertz CT molecular complexity index is 1190. The summed E-state index contributed by atoms with van der Waals surface area (Å²) in [6, 6.07) is 31.9. The van der Waals surface area contributed by atoms with Crippen LogP contribution in [0.5, 0.6) is 0 Å². The number of carboxylic acid groups (broad SMARTS) is 1. The van der Waals surface area contributed by atoms with Crippen LogP contribution in [0, 0.1) is 11.8 Å². The first kappa shape index (κ1) is 23.1. The molecule has 4 aromatic rings. The van der Waals surface area contributed by atoms with E-state index in [2.05, 4.69) is 66.7 Å². The van der Waals surface area contributed by atoms with Crippen molar-refractivity contribution in [2.45, 2.75) is 44.9 Å². The van der Waals surface area contributed by atoms with Crippen LogP contribution in [-0.4, -0.2) is 20.9 Å². The summed E-state index contributed by atoms with van der Waals surface area (Å²) in [6.07, 6.45) is 6.68. The molecule has 1 saturated carbocycles. The van der Waals surface area contributed by atoms with Crippen LogP contribution in [0.1, 0.15) is 42.5 Å². The standard InChI is InChI=1S/C31H32N2O2/c34-31(35)27-19-17-25(21-27)16-15-23-11-13-24(14-12-23)18-20-28-22-30(26-7-3-1-4-8-26)33(32-28)29-9-5-2-6-10-29/h1-14,22,25,27H,15-21H2,(H,34,35). The molecule has 0 radical (unpaired) electrons. The van der Waals surface area contributed by atoms with Crippen molar-refractivity contribution in [1.29, 1.82) is 0 Å². The minimum absolute atomic E-state index is 0.129. The second kappa shape index (κ2) is 10.7. The van der Waals surface area contributed by atoms with Gasteiger partial charge in [0.05, 0.1) is 23.0 Å². The summed E-state index contributed by atoms with van der Waals surface area (Å²) >= 11 is 0. The molecule has 1 fully saturated rings. The number of aromatic nitrogens is 2. The van der Waals surface area contributed by atoms with Crippen molar-refractivity contribution in [2.24, 2.45) is 11.8 Å². The third kappa shape index (κ3) is 5.71. The van der Waals surface area contributed by atoms with Gasteiger partial charge < -0.3 is 5.11 Å². The molecule has 1 N–H and O–H groups in total. The molecule has 1 aliphatic carbocycles. The lowest BCUT2D eigenvalue weighted by Gasteiger charge is -2.10. The van der Waals surface area contributed by atoms with Crippen LogP contribution in [0.25, 0.3) is 16.9 Å². The number of carbonyl (C=O) groups is 1. The summed E-state index contributed by atoms with van der Waals surface area (Å²) in [5.74, 6) is -0.203. The van der Waals surface area contributed by atoms with Gasteiger partial charge in [0.25, 0.3) is 0 Å². The topological polar surface area (TPSA) is 55.1 Å². The zero-order valence-corrected chi connectivity index (χ0v) is 20.0. The summed E-state index contributed by atoms with van der Waals surface area (Å²) in [5, 5.41) is 14.2. The molecule has 1 heterocycles. The van der Waals surface area contributed by atoms with Crippen LogP contribution < -0.4 is 0 Å². The van der Waals surface area contributed by atoms with Gasteiger partial charge in [-0.1, -0.05) is 72.8 Å². The normalized spacial score (nSPS) is 17.5. The van der Waals surface area contributed by atoms with Gasteiger partial charge in [0.2, 0.25) is 0 Å². The van der Waals surface area contributed by atoms with E-state index in [1.54, 1.807) is 0 Å². The van der Waals surface area contributed by atoms with E-state index in [0.29, 0.717) is 5.92 Å². The smallest absolute Gasteiger partial charge is 0.306 e. The van der Waals surface area contributed by atoms with Gasteiger partial charge in [0, 0.05) is 5.56 Å². The van der Waals surface area contributed by atoms with Crippen LogP contribution in [0.2, 0.25) is 0 Å². The van der Waals surface area contributed by atoms with E-state index < -0.39 is 5.97 Å². The molecule has 35 heavy (non-hydrogen) atoms. The van der Waals surface area contributed by atoms with E-state index in [1.165, 1.54) is 11.1 Å². The van der Waals surface area contributed by atoms with Crippen LogP contribution in [-0.2, 0) is 24.1 Å². The van der Waals surface area contributed by atoms with Gasteiger partial charge in [0.1, 0.15) is 0 Å². The quantitative estimate of drug-likeness (QED) is 0.298. The third-order valence-corrected chi connectivity index (χ3v) is 7.25. The summed E-state index contributed by atoms with van der Waals surface area (Å²) in [4.78, 5) is 11.2. The molecule has 3 aromatic carbocycles. The predicted molar refractivity (Wildman–Crippen MR) is 140 cm³/mol. The fraction of sp³-hybridized carbons (Fsp3) is 0.290. The van der Waals surface area contributed by atoms with Gasteiger partial charge in [0.15, 0.2) is 0 Å². The molecular formula is C31H32N2O2. The van der Waals surface area contributed by atoms with E-state index in [-0.39, 0.29) is 5.92 Å². The number of aryl methyl sites for hydroxylation is 3. The Balaban J connectivity index is 1.22. The molecule has 1 aliphatic rings. The summed E-state index contributed by atoms with van der Waals surface area (Å²) in [7, 11) is 0. The molecule has 4 heteroatoms. The SMILES string of the molecule is O=C(O)C1CCC(CCc2ccc(CCc3cc(-c4ccccc4)n(-c4ccccc4)n3)cc2)C1. The van der Waals surface area contributed by atoms with Gasteiger partial charge in [-0.2, -0.15) is 5.10 Å². The number of carboxylic acids is 1. The minimum Gasteiger partial charge on any atom is -0.481 e. The zero-order chi connectivity index (χ0) is 24.0. The molecular weight excluding hydrogens is 432 g/mol. The first-order valence-electron chi connectivity index (χ1n) is 12.7. The number of hydrogen-bond donors (Lipinski definition) is 1. The summed E-state index contributed by atoms with van der Waals surface area (Å²) in [5.41, 5.74) is 7.09. The average molecular weight is 465 g/mol. The summed E-state index contributed by atoms with van der Waals surface area (Å²) < 4.78 is 2.05. The minimum atomic E-state index is -0.624. The molecule has 0 saturated heterocycles.